The van der Waals surface area contributed by atoms with Crippen LogP contribution in [0.2, 0.25) is 0 Å². The number of hydrogen-bond acceptors (Lipinski definition) is 6. The van der Waals surface area contributed by atoms with E-state index in [-0.39, 0.29) is 17.9 Å². The summed E-state index contributed by atoms with van der Waals surface area (Å²) in [6, 6.07) is 11.3. The molecule has 4 rings (SSSR count). The van der Waals surface area contributed by atoms with Crippen LogP contribution in [-0.4, -0.2) is 47.4 Å². The van der Waals surface area contributed by atoms with Crippen LogP contribution in [0.4, 0.5) is 0 Å². The Bertz CT molecular complexity index is 991. The molecule has 0 aliphatic carbocycles. The van der Waals surface area contributed by atoms with E-state index in [9.17, 15) is 9.59 Å². The summed E-state index contributed by atoms with van der Waals surface area (Å²) in [6.07, 6.45) is 1.47. The molecule has 3 aromatic rings. The molecule has 0 unspecified atom stereocenters. The van der Waals surface area contributed by atoms with Crippen molar-refractivity contribution in [1.29, 1.82) is 0 Å². The highest BCUT2D eigenvalue weighted by molar-refractivity contribution is 7.20. The minimum absolute atomic E-state index is 0.0166. The number of rotatable bonds is 6. The molecule has 3 heterocycles. The number of likely N-dealkylation sites (tertiary alicyclic amines) is 1. The second kappa shape index (κ2) is 9.40. The predicted octanol–water partition coefficient (Wildman–Crippen LogP) is 4.30. The van der Waals surface area contributed by atoms with Crippen LogP contribution in [0.3, 0.4) is 0 Å². The van der Waals surface area contributed by atoms with Crippen molar-refractivity contribution in [2.24, 2.45) is 0 Å². The fourth-order valence-electron chi connectivity index (χ4n) is 3.42. The van der Waals surface area contributed by atoms with E-state index < -0.39 is 0 Å². The highest BCUT2D eigenvalue weighted by Gasteiger charge is 2.25. The van der Waals surface area contributed by atoms with Gasteiger partial charge in [0.05, 0.1) is 11.5 Å². The van der Waals surface area contributed by atoms with Gasteiger partial charge < -0.3 is 15.0 Å². The number of thiazole rings is 1. The van der Waals surface area contributed by atoms with Gasteiger partial charge in [-0.1, -0.05) is 6.07 Å². The Morgan fingerprint density at radius 1 is 1.17 bits per heavy atom. The van der Waals surface area contributed by atoms with Gasteiger partial charge in [-0.25, -0.2) is 4.98 Å². The molecular formula is C22H23N3O3S2. The van der Waals surface area contributed by atoms with E-state index in [1.54, 1.807) is 28.8 Å². The highest BCUT2D eigenvalue weighted by atomic mass is 32.1. The SMILES string of the molecule is CCOc1ccc(C(=O)N2CCC(NC(=O)c3csc(-c4cccs4)n3)CC2)cc1. The number of nitrogens with zero attached hydrogens (tertiary/aromatic N) is 2. The smallest absolute Gasteiger partial charge is 0.270 e. The summed E-state index contributed by atoms with van der Waals surface area (Å²) >= 11 is 3.09. The number of piperidine rings is 1. The maximum Gasteiger partial charge on any atom is 0.270 e. The number of carbonyl (C=O) groups is 2. The minimum Gasteiger partial charge on any atom is -0.494 e. The van der Waals surface area contributed by atoms with E-state index in [2.05, 4.69) is 10.3 Å². The summed E-state index contributed by atoms with van der Waals surface area (Å²) in [5, 5.41) is 7.73. The number of aromatic nitrogens is 1. The zero-order valence-corrected chi connectivity index (χ0v) is 18.3. The fraction of sp³-hybridized carbons (Fsp3) is 0.318. The lowest BCUT2D eigenvalue weighted by molar-refractivity contribution is 0.0697. The lowest BCUT2D eigenvalue weighted by Crippen LogP contribution is -2.46. The molecular weight excluding hydrogens is 418 g/mol. The minimum atomic E-state index is -0.148. The van der Waals surface area contributed by atoms with Gasteiger partial charge in [0.2, 0.25) is 0 Å². The number of amides is 2. The molecule has 1 saturated heterocycles. The zero-order chi connectivity index (χ0) is 20.9. The molecule has 1 aliphatic rings. The van der Waals surface area contributed by atoms with Crippen LogP contribution in [0.25, 0.3) is 9.88 Å². The molecule has 0 bridgehead atoms. The molecule has 30 heavy (non-hydrogen) atoms. The number of nitrogens with one attached hydrogen (secondary N) is 1. The lowest BCUT2D eigenvalue weighted by atomic mass is 10.0. The number of hydrogen-bond donors (Lipinski definition) is 1. The normalized spacial score (nSPS) is 14.5. The second-order valence-electron chi connectivity index (χ2n) is 7.01. The van der Waals surface area contributed by atoms with Crippen molar-refractivity contribution >= 4 is 34.5 Å². The van der Waals surface area contributed by atoms with Gasteiger partial charge in [-0.2, -0.15) is 0 Å². The Morgan fingerprint density at radius 3 is 2.60 bits per heavy atom. The summed E-state index contributed by atoms with van der Waals surface area (Å²) in [6.45, 7) is 3.77. The average Bonchev–Trinajstić information content (AvgIpc) is 3.47. The number of carbonyl (C=O) groups excluding carboxylic acids is 2. The molecule has 1 fully saturated rings. The Balaban J connectivity index is 1.29. The molecule has 0 saturated carbocycles. The van der Waals surface area contributed by atoms with E-state index >= 15 is 0 Å². The molecule has 1 aliphatic heterocycles. The van der Waals surface area contributed by atoms with Crippen molar-refractivity contribution in [3.8, 4) is 15.6 Å². The van der Waals surface area contributed by atoms with Crippen LogP contribution in [-0.2, 0) is 0 Å². The molecule has 2 aromatic heterocycles. The summed E-state index contributed by atoms with van der Waals surface area (Å²) in [7, 11) is 0. The largest absolute Gasteiger partial charge is 0.494 e. The first-order valence-electron chi connectivity index (χ1n) is 9.96. The standard InChI is InChI=1S/C22H23N3O3S2/c1-2-28-17-7-5-15(6-8-17)22(27)25-11-9-16(10-12-25)23-20(26)18-14-30-21(24-18)19-4-3-13-29-19/h3-8,13-14,16H,2,9-12H2,1H3,(H,23,26). The third kappa shape index (κ3) is 4.71. The van der Waals surface area contributed by atoms with Crippen LogP contribution < -0.4 is 10.1 Å². The van der Waals surface area contributed by atoms with E-state index in [4.69, 9.17) is 4.74 Å². The summed E-state index contributed by atoms with van der Waals surface area (Å²) in [4.78, 5) is 32.7. The van der Waals surface area contributed by atoms with Crippen molar-refractivity contribution in [3.63, 3.8) is 0 Å². The average molecular weight is 442 g/mol. The Labute approximate surface area is 183 Å². The molecule has 0 atom stereocenters. The molecule has 2 amide bonds. The highest BCUT2D eigenvalue weighted by Crippen LogP contribution is 2.28. The predicted molar refractivity (Wildman–Crippen MR) is 119 cm³/mol. The summed E-state index contributed by atoms with van der Waals surface area (Å²) in [5.74, 6) is 0.632. The molecule has 0 radical (unpaired) electrons. The monoisotopic (exact) mass is 441 g/mol. The summed E-state index contributed by atoms with van der Waals surface area (Å²) < 4.78 is 5.43. The van der Waals surface area contributed by atoms with Crippen molar-refractivity contribution in [3.05, 3.63) is 58.4 Å². The molecule has 156 valence electrons. The van der Waals surface area contributed by atoms with Crippen LogP contribution in [0.1, 0.15) is 40.6 Å². The topological polar surface area (TPSA) is 71.5 Å². The fourth-order valence-corrected chi connectivity index (χ4v) is 5.03. The molecule has 6 nitrogen and oxygen atoms in total. The zero-order valence-electron chi connectivity index (χ0n) is 16.7. The van der Waals surface area contributed by atoms with Crippen molar-refractivity contribution in [2.75, 3.05) is 19.7 Å². The first-order chi connectivity index (χ1) is 14.6. The van der Waals surface area contributed by atoms with E-state index in [0.717, 1.165) is 28.5 Å². The van der Waals surface area contributed by atoms with E-state index in [0.29, 0.717) is 31.0 Å². The van der Waals surface area contributed by atoms with Crippen LogP contribution >= 0.6 is 22.7 Å². The first kappa shape index (κ1) is 20.6. The van der Waals surface area contributed by atoms with Crippen molar-refractivity contribution in [2.45, 2.75) is 25.8 Å². The van der Waals surface area contributed by atoms with Gasteiger partial charge in [-0.05, 0) is 55.5 Å². The third-order valence-electron chi connectivity index (χ3n) is 5.00. The molecule has 0 spiro atoms. The van der Waals surface area contributed by atoms with Gasteiger partial charge in [0.1, 0.15) is 16.5 Å². The molecule has 8 heteroatoms. The lowest BCUT2D eigenvalue weighted by Gasteiger charge is -2.32. The van der Waals surface area contributed by atoms with Gasteiger partial charge in [0.25, 0.3) is 11.8 Å². The van der Waals surface area contributed by atoms with Crippen molar-refractivity contribution < 1.29 is 14.3 Å². The molecule has 1 aromatic carbocycles. The Morgan fingerprint density at radius 2 is 1.93 bits per heavy atom. The van der Waals surface area contributed by atoms with E-state index in [1.807, 2.05) is 41.5 Å². The van der Waals surface area contributed by atoms with Gasteiger partial charge in [0.15, 0.2) is 0 Å². The third-order valence-corrected chi connectivity index (χ3v) is 6.88. The quantitative estimate of drug-likeness (QED) is 0.619. The van der Waals surface area contributed by atoms with Gasteiger partial charge >= 0.3 is 0 Å². The van der Waals surface area contributed by atoms with Crippen LogP contribution in [0, 0.1) is 0 Å². The van der Waals surface area contributed by atoms with Gasteiger partial charge in [-0.3, -0.25) is 9.59 Å². The van der Waals surface area contributed by atoms with Crippen LogP contribution in [0.15, 0.2) is 47.2 Å². The number of benzene rings is 1. The Kier molecular flexibility index (Phi) is 6.44. The number of ether oxygens (including phenoxy) is 1. The van der Waals surface area contributed by atoms with Crippen molar-refractivity contribution in [1.82, 2.24) is 15.2 Å². The Hall–Kier alpha value is -2.71. The first-order valence-corrected chi connectivity index (χ1v) is 11.7. The maximum atomic E-state index is 12.7. The number of thiophene rings is 1. The van der Waals surface area contributed by atoms with E-state index in [1.165, 1.54) is 11.3 Å². The van der Waals surface area contributed by atoms with Gasteiger partial charge in [-0.15, -0.1) is 22.7 Å². The molecule has 1 N–H and O–H groups in total. The summed E-state index contributed by atoms with van der Waals surface area (Å²) in [5.41, 5.74) is 1.11. The maximum absolute atomic E-state index is 12.7. The van der Waals surface area contributed by atoms with Gasteiger partial charge in [0, 0.05) is 30.1 Å². The van der Waals surface area contributed by atoms with Crippen LogP contribution in [0.5, 0.6) is 5.75 Å². The second-order valence-corrected chi connectivity index (χ2v) is 8.82.